The van der Waals surface area contributed by atoms with Gasteiger partial charge in [0.25, 0.3) is 0 Å². The Labute approximate surface area is 119 Å². The van der Waals surface area contributed by atoms with Crippen molar-refractivity contribution in [2.24, 2.45) is 0 Å². The molecule has 9 heteroatoms. The SMILES string of the molecule is O=C(O)c1ccc([N+](=O)[O-])c(NCC2(O)CCOCC2)n1. The van der Waals surface area contributed by atoms with Gasteiger partial charge in [0.1, 0.15) is 0 Å². The van der Waals surface area contributed by atoms with E-state index in [4.69, 9.17) is 9.84 Å². The first-order valence-electron chi connectivity index (χ1n) is 6.34. The molecule has 21 heavy (non-hydrogen) atoms. The molecule has 0 saturated carbocycles. The fourth-order valence-electron chi connectivity index (χ4n) is 2.02. The van der Waals surface area contributed by atoms with Crippen molar-refractivity contribution >= 4 is 17.5 Å². The van der Waals surface area contributed by atoms with Crippen LogP contribution in [0.4, 0.5) is 11.5 Å². The molecule has 2 heterocycles. The van der Waals surface area contributed by atoms with Gasteiger partial charge < -0.3 is 20.3 Å². The van der Waals surface area contributed by atoms with Gasteiger partial charge in [-0.2, -0.15) is 0 Å². The van der Waals surface area contributed by atoms with Gasteiger partial charge in [-0.3, -0.25) is 10.1 Å². The Morgan fingerprint density at radius 3 is 2.71 bits per heavy atom. The maximum Gasteiger partial charge on any atom is 0.354 e. The fraction of sp³-hybridized carbons (Fsp3) is 0.500. The molecular weight excluding hydrogens is 282 g/mol. The predicted octanol–water partition coefficient (Wildman–Crippen LogP) is 0.641. The highest BCUT2D eigenvalue weighted by atomic mass is 16.6. The Bertz CT molecular complexity index is 556. The van der Waals surface area contributed by atoms with E-state index in [0.717, 1.165) is 12.1 Å². The summed E-state index contributed by atoms with van der Waals surface area (Å²) < 4.78 is 5.14. The lowest BCUT2D eigenvalue weighted by atomic mass is 9.94. The third kappa shape index (κ3) is 3.64. The van der Waals surface area contributed by atoms with E-state index in [-0.39, 0.29) is 23.7 Å². The second-order valence-corrected chi connectivity index (χ2v) is 4.82. The Morgan fingerprint density at radius 2 is 2.14 bits per heavy atom. The minimum absolute atomic E-state index is 0.0350. The molecule has 0 aromatic carbocycles. The van der Waals surface area contributed by atoms with Crippen LogP contribution in [-0.4, -0.2) is 51.4 Å². The summed E-state index contributed by atoms with van der Waals surface area (Å²) in [7, 11) is 0. The van der Waals surface area contributed by atoms with Gasteiger partial charge >= 0.3 is 11.7 Å². The highest BCUT2D eigenvalue weighted by Gasteiger charge is 2.30. The Morgan fingerprint density at radius 1 is 1.48 bits per heavy atom. The second-order valence-electron chi connectivity index (χ2n) is 4.82. The summed E-state index contributed by atoms with van der Waals surface area (Å²) in [5.74, 6) is -1.45. The van der Waals surface area contributed by atoms with Crippen molar-refractivity contribution in [2.45, 2.75) is 18.4 Å². The number of carbonyl (C=O) groups is 1. The van der Waals surface area contributed by atoms with Crippen molar-refractivity contribution in [3.05, 3.63) is 27.9 Å². The van der Waals surface area contributed by atoms with E-state index < -0.39 is 16.5 Å². The molecule has 9 nitrogen and oxygen atoms in total. The zero-order valence-electron chi connectivity index (χ0n) is 11.1. The lowest BCUT2D eigenvalue weighted by Crippen LogP contribution is -2.42. The summed E-state index contributed by atoms with van der Waals surface area (Å²) >= 11 is 0. The minimum atomic E-state index is -1.28. The molecule has 0 unspecified atom stereocenters. The van der Waals surface area contributed by atoms with E-state index in [1.807, 2.05) is 0 Å². The van der Waals surface area contributed by atoms with E-state index in [9.17, 15) is 20.0 Å². The largest absolute Gasteiger partial charge is 0.477 e. The average molecular weight is 297 g/mol. The van der Waals surface area contributed by atoms with Gasteiger partial charge in [-0.1, -0.05) is 0 Å². The zero-order chi connectivity index (χ0) is 15.5. The average Bonchev–Trinajstić information content (AvgIpc) is 2.45. The maximum atomic E-state index is 10.9. The first-order valence-corrected chi connectivity index (χ1v) is 6.34. The summed E-state index contributed by atoms with van der Waals surface area (Å²) in [4.78, 5) is 24.9. The van der Waals surface area contributed by atoms with Crippen molar-refractivity contribution in [2.75, 3.05) is 25.1 Å². The van der Waals surface area contributed by atoms with Crippen molar-refractivity contribution in [1.29, 1.82) is 0 Å². The van der Waals surface area contributed by atoms with E-state index in [2.05, 4.69) is 10.3 Å². The molecule has 0 amide bonds. The molecule has 1 aliphatic rings. The molecule has 0 spiro atoms. The lowest BCUT2D eigenvalue weighted by molar-refractivity contribution is -0.384. The molecular formula is C12H15N3O6. The van der Waals surface area contributed by atoms with Gasteiger partial charge in [-0.05, 0) is 6.07 Å². The summed E-state index contributed by atoms with van der Waals surface area (Å²) in [5.41, 5.74) is -1.69. The number of nitro groups is 1. The monoisotopic (exact) mass is 297 g/mol. The molecule has 1 aliphatic heterocycles. The third-order valence-electron chi connectivity index (χ3n) is 3.30. The van der Waals surface area contributed by atoms with Crippen molar-refractivity contribution in [1.82, 2.24) is 4.98 Å². The topological polar surface area (TPSA) is 135 Å². The highest BCUT2D eigenvalue weighted by Crippen LogP contribution is 2.25. The smallest absolute Gasteiger partial charge is 0.354 e. The molecule has 0 bridgehead atoms. The lowest BCUT2D eigenvalue weighted by Gasteiger charge is -2.32. The molecule has 0 aliphatic carbocycles. The van der Waals surface area contributed by atoms with Crippen molar-refractivity contribution in [3.63, 3.8) is 0 Å². The number of aromatic carboxylic acids is 1. The molecule has 1 fully saturated rings. The number of carboxylic acid groups (broad SMARTS) is 1. The van der Waals surface area contributed by atoms with Crippen LogP contribution in [0.5, 0.6) is 0 Å². The first kappa shape index (κ1) is 15.1. The zero-order valence-corrected chi connectivity index (χ0v) is 11.1. The normalized spacial score (nSPS) is 17.2. The quantitative estimate of drug-likeness (QED) is 0.532. The summed E-state index contributed by atoms with van der Waals surface area (Å²) in [6, 6.07) is 2.14. The van der Waals surface area contributed by atoms with Gasteiger partial charge in [0.2, 0.25) is 5.82 Å². The van der Waals surface area contributed by atoms with Crippen LogP contribution in [-0.2, 0) is 4.74 Å². The van der Waals surface area contributed by atoms with Crippen molar-refractivity contribution < 1.29 is 24.7 Å². The summed E-state index contributed by atoms with van der Waals surface area (Å²) in [6.45, 7) is 0.846. The van der Waals surface area contributed by atoms with Gasteiger partial charge in [-0.25, -0.2) is 9.78 Å². The molecule has 2 rings (SSSR count). The molecule has 114 valence electrons. The number of hydrogen-bond acceptors (Lipinski definition) is 7. The number of ether oxygens (including phenoxy) is 1. The Hall–Kier alpha value is -2.26. The van der Waals surface area contributed by atoms with Crippen LogP contribution in [0.3, 0.4) is 0 Å². The summed E-state index contributed by atoms with van der Waals surface area (Å²) in [6.07, 6.45) is 0.791. The number of aromatic nitrogens is 1. The number of rotatable bonds is 5. The van der Waals surface area contributed by atoms with Crippen LogP contribution in [0, 0.1) is 10.1 Å². The van der Waals surface area contributed by atoms with E-state index in [0.29, 0.717) is 26.1 Å². The maximum absolute atomic E-state index is 10.9. The molecule has 1 saturated heterocycles. The fourth-order valence-corrected chi connectivity index (χ4v) is 2.02. The molecule has 0 atom stereocenters. The molecule has 1 aromatic rings. The third-order valence-corrected chi connectivity index (χ3v) is 3.30. The minimum Gasteiger partial charge on any atom is -0.477 e. The first-order chi connectivity index (χ1) is 9.91. The van der Waals surface area contributed by atoms with Gasteiger partial charge in [0.15, 0.2) is 5.69 Å². The van der Waals surface area contributed by atoms with Crippen LogP contribution in [0.15, 0.2) is 12.1 Å². The second kappa shape index (κ2) is 6.02. The van der Waals surface area contributed by atoms with Crippen LogP contribution >= 0.6 is 0 Å². The number of aliphatic hydroxyl groups is 1. The number of hydrogen-bond donors (Lipinski definition) is 3. The number of pyridine rings is 1. The molecule has 0 radical (unpaired) electrons. The van der Waals surface area contributed by atoms with Crippen LogP contribution < -0.4 is 5.32 Å². The Kier molecular flexibility index (Phi) is 4.34. The molecule has 3 N–H and O–H groups in total. The van der Waals surface area contributed by atoms with E-state index in [1.165, 1.54) is 0 Å². The van der Waals surface area contributed by atoms with Crippen LogP contribution in [0.1, 0.15) is 23.3 Å². The van der Waals surface area contributed by atoms with E-state index in [1.54, 1.807) is 0 Å². The number of carboxylic acids is 1. The van der Waals surface area contributed by atoms with Crippen LogP contribution in [0.25, 0.3) is 0 Å². The van der Waals surface area contributed by atoms with Crippen LogP contribution in [0.2, 0.25) is 0 Å². The van der Waals surface area contributed by atoms with Gasteiger partial charge in [-0.15, -0.1) is 0 Å². The van der Waals surface area contributed by atoms with Gasteiger partial charge in [0.05, 0.1) is 10.5 Å². The number of nitrogens with zero attached hydrogens (tertiary/aromatic N) is 2. The predicted molar refractivity (Wildman–Crippen MR) is 71.3 cm³/mol. The highest BCUT2D eigenvalue weighted by molar-refractivity contribution is 5.86. The molecule has 1 aromatic heterocycles. The van der Waals surface area contributed by atoms with Gasteiger partial charge in [0, 0.05) is 38.7 Å². The van der Waals surface area contributed by atoms with E-state index >= 15 is 0 Å². The summed E-state index contributed by atoms with van der Waals surface area (Å²) in [5, 5.41) is 32.8. The number of nitrogens with one attached hydrogen (secondary N) is 1. The standard InChI is InChI=1S/C12H15N3O6/c16-11(17)8-1-2-9(15(19)20)10(14-8)13-7-12(18)3-5-21-6-4-12/h1-2,18H,3-7H2,(H,13,14)(H,16,17). The van der Waals surface area contributed by atoms with Crippen molar-refractivity contribution in [3.8, 4) is 0 Å². The number of anilines is 1. The Balaban J connectivity index is 2.18.